The van der Waals surface area contributed by atoms with E-state index in [1.54, 1.807) is 0 Å². The topological polar surface area (TPSA) is 49.7 Å². The second-order valence-electron chi connectivity index (χ2n) is 5.78. The van der Waals surface area contributed by atoms with Crippen LogP contribution in [-0.4, -0.2) is 35.1 Å². The van der Waals surface area contributed by atoms with Crippen LogP contribution in [0, 0.1) is 0 Å². The van der Waals surface area contributed by atoms with Crippen molar-refractivity contribution in [3.63, 3.8) is 0 Å². The van der Waals surface area contributed by atoms with Gasteiger partial charge in [-0.3, -0.25) is 0 Å². The van der Waals surface area contributed by atoms with E-state index < -0.39 is 6.10 Å². The summed E-state index contributed by atoms with van der Waals surface area (Å²) < 4.78 is 5.62. The highest BCUT2D eigenvalue weighted by Gasteiger charge is 2.19. The van der Waals surface area contributed by atoms with Crippen LogP contribution in [-0.2, 0) is 4.74 Å². The molecular formula is C15H32O3. The van der Waals surface area contributed by atoms with Gasteiger partial charge in [0.05, 0.1) is 18.8 Å². The van der Waals surface area contributed by atoms with E-state index in [9.17, 15) is 5.11 Å². The zero-order chi connectivity index (χ0) is 13.9. The molecule has 0 aromatic carbocycles. The van der Waals surface area contributed by atoms with Gasteiger partial charge in [0.15, 0.2) is 0 Å². The van der Waals surface area contributed by atoms with Gasteiger partial charge >= 0.3 is 0 Å². The number of aliphatic hydroxyl groups is 2. The van der Waals surface area contributed by atoms with E-state index in [4.69, 9.17) is 9.84 Å². The molecule has 0 aliphatic carbocycles. The first-order valence-electron chi connectivity index (χ1n) is 7.44. The molecule has 1 unspecified atom stereocenters. The number of unbranched alkanes of at least 4 members (excludes halogenated alkanes) is 6. The van der Waals surface area contributed by atoms with E-state index in [0.717, 1.165) is 6.42 Å². The smallest absolute Gasteiger partial charge is 0.100 e. The average molecular weight is 260 g/mol. The van der Waals surface area contributed by atoms with Gasteiger partial charge in [0.25, 0.3) is 0 Å². The zero-order valence-corrected chi connectivity index (χ0v) is 12.5. The quantitative estimate of drug-likeness (QED) is 0.529. The van der Waals surface area contributed by atoms with Crippen molar-refractivity contribution in [3.8, 4) is 0 Å². The maximum absolute atomic E-state index is 9.24. The van der Waals surface area contributed by atoms with Crippen LogP contribution in [0.3, 0.4) is 0 Å². The molecule has 3 heteroatoms. The Hall–Kier alpha value is -0.120. The highest BCUT2D eigenvalue weighted by atomic mass is 16.5. The predicted molar refractivity (Wildman–Crippen MR) is 75.7 cm³/mol. The summed E-state index contributed by atoms with van der Waals surface area (Å²) in [5, 5.41) is 18.0. The van der Waals surface area contributed by atoms with Gasteiger partial charge in [-0.05, 0) is 20.3 Å². The molecule has 0 saturated carbocycles. The lowest BCUT2D eigenvalue weighted by Gasteiger charge is -2.26. The Balaban J connectivity index is 3.46. The molecule has 0 fully saturated rings. The number of rotatable bonds is 12. The summed E-state index contributed by atoms with van der Waals surface area (Å²) in [5.41, 5.74) is -0.195. The van der Waals surface area contributed by atoms with Crippen LogP contribution >= 0.6 is 0 Å². The largest absolute Gasteiger partial charge is 0.394 e. The fraction of sp³-hybridized carbons (Fsp3) is 1.00. The third kappa shape index (κ3) is 11.0. The molecular weight excluding hydrogens is 228 g/mol. The minimum absolute atomic E-state index is 0.195. The first-order chi connectivity index (χ1) is 8.52. The fourth-order valence-electron chi connectivity index (χ4n) is 1.95. The van der Waals surface area contributed by atoms with E-state index in [2.05, 4.69) is 6.92 Å². The average Bonchev–Trinajstić information content (AvgIpc) is 2.35. The van der Waals surface area contributed by atoms with Crippen molar-refractivity contribution >= 4 is 0 Å². The summed E-state index contributed by atoms with van der Waals surface area (Å²) in [4.78, 5) is 0. The zero-order valence-electron chi connectivity index (χ0n) is 12.5. The highest BCUT2D eigenvalue weighted by Crippen LogP contribution is 2.19. The van der Waals surface area contributed by atoms with Crippen molar-refractivity contribution < 1.29 is 14.9 Å². The minimum atomic E-state index is -0.752. The number of hydrogen-bond donors (Lipinski definition) is 2. The van der Waals surface area contributed by atoms with Gasteiger partial charge in [-0.1, -0.05) is 51.9 Å². The fourth-order valence-corrected chi connectivity index (χ4v) is 1.95. The van der Waals surface area contributed by atoms with Crippen LogP contribution < -0.4 is 0 Å². The summed E-state index contributed by atoms with van der Waals surface area (Å²) >= 11 is 0. The van der Waals surface area contributed by atoms with Crippen LogP contribution in [0.4, 0.5) is 0 Å². The molecule has 0 rings (SSSR count). The van der Waals surface area contributed by atoms with E-state index in [1.165, 1.54) is 44.9 Å². The maximum Gasteiger partial charge on any atom is 0.100 e. The molecule has 3 nitrogen and oxygen atoms in total. The molecule has 18 heavy (non-hydrogen) atoms. The molecule has 110 valence electrons. The van der Waals surface area contributed by atoms with E-state index in [-0.39, 0.29) is 18.8 Å². The Morgan fingerprint density at radius 3 is 2.11 bits per heavy atom. The monoisotopic (exact) mass is 260 g/mol. The predicted octanol–water partition coefficient (Wildman–Crippen LogP) is 3.28. The lowest BCUT2D eigenvalue weighted by Crippen LogP contribution is -2.30. The number of aliphatic hydroxyl groups excluding tert-OH is 2. The Kier molecular flexibility index (Phi) is 10.7. The van der Waals surface area contributed by atoms with Crippen LogP contribution in [0.5, 0.6) is 0 Å². The first-order valence-corrected chi connectivity index (χ1v) is 7.44. The third-order valence-corrected chi connectivity index (χ3v) is 3.26. The van der Waals surface area contributed by atoms with Gasteiger partial charge < -0.3 is 14.9 Å². The molecule has 2 N–H and O–H groups in total. The molecule has 0 aromatic rings. The molecule has 0 amide bonds. The Morgan fingerprint density at radius 2 is 1.56 bits per heavy atom. The Bertz CT molecular complexity index is 181. The minimum Gasteiger partial charge on any atom is -0.394 e. The van der Waals surface area contributed by atoms with Gasteiger partial charge in [-0.15, -0.1) is 0 Å². The molecule has 0 heterocycles. The Labute approximate surface area is 113 Å². The normalized spacial score (nSPS) is 13.8. The standard InChI is InChI=1S/C15H32O3/c1-4-5-6-7-8-9-10-11-15(2,3)18-13-14(17)12-16/h14,16-17H,4-13H2,1-3H3. The lowest BCUT2D eigenvalue weighted by molar-refractivity contribution is -0.0748. The summed E-state index contributed by atoms with van der Waals surface area (Å²) in [7, 11) is 0. The molecule has 0 radical (unpaired) electrons. The molecule has 0 aliphatic rings. The van der Waals surface area contributed by atoms with E-state index in [1.807, 2.05) is 13.8 Å². The lowest BCUT2D eigenvalue weighted by atomic mass is 9.99. The molecule has 0 aromatic heterocycles. The summed E-state index contributed by atoms with van der Waals surface area (Å²) in [6.45, 7) is 6.33. The van der Waals surface area contributed by atoms with Crippen molar-refractivity contribution in [1.29, 1.82) is 0 Å². The summed E-state index contributed by atoms with van der Waals surface area (Å²) in [5.74, 6) is 0. The molecule has 0 saturated heterocycles. The van der Waals surface area contributed by atoms with Gasteiger partial charge in [0.1, 0.15) is 6.10 Å². The molecule has 1 atom stereocenters. The Morgan fingerprint density at radius 1 is 1.00 bits per heavy atom. The second-order valence-corrected chi connectivity index (χ2v) is 5.78. The first kappa shape index (κ1) is 17.9. The van der Waals surface area contributed by atoms with Crippen LogP contribution in [0.25, 0.3) is 0 Å². The van der Waals surface area contributed by atoms with Crippen LogP contribution in [0.15, 0.2) is 0 Å². The van der Waals surface area contributed by atoms with Crippen LogP contribution in [0.2, 0.25) is 0 Å². The van der Waals surface area contributed by atoms with Crippen molar-refractivity contribution in [2.24, 2.45) is 0 Å². The van der Waals surface area contributed by atoms with Crippen LogP contribution in [0.1, 0.15) is 72.1 Å². The van der Waals surface area contributed by atoms with Crippen molar-refractivity contribution in [2.45, 2.75) is 83.8 Å². The van der Waals surface area contributed by atoms with Gasteiger partial charge in [-0.2, -0.15) is 0 Å². The number of hydrogen-bond acceptors (Lipinski definition) is 3. The van der Waals surface area contributed by atoms with E-state index >= 15 is 0 Å². The molecule has 0 bridgehead atoms. The van der Waals surface area contributed by atoms with Gasteiger partial charge in [0, 0.05) is 0 Å². The highest BCUT2D eigenvalue weighted by molar-refractivity contribution is 4.69. The summed E-state index contributed by atoms with van der Waals surface area (Å²) in [6.07, 6.45) is 9.37. The van der Waals surface area contributed by atoms with Gasteiger partial charge in [0.2, 0.25) is 0 Å². The maximum atomic E-state index is 9.24. The van der Waals surface area contributed by atoms with Crippen molar-refractivity contribution in [2.75, 3.05) is 13.2 Å². The van der Waals surface area contributed by atoms with Gasteiger partial charge in [-0.25, -0.2) is 0 Å². The second kappa shape index (κ2) is 10.8. The van der Waals surface area contributed by atoms with Crippen molar-refractivity contribution in [1.82, 2.24) is 0 Å². The van der Waals surface area contributed by atoms with E-state index in [0.29, 0.717) is 0 Å². The molecule has 0 aliphatic heterocycles. The number of ether oxygens (including phenoxy) is 1. The third-order valence-electron chi connectivity index (χ3n) is 3.26. The summed E-state index contributed by atoms with van der Waals surface area (Å²) in [6, 6.07) is 0. The molecule has 0 spiro atoms. The van der Waals surface area contributed by atoms with Crippen molar-refractivity contribution in [3.05, 3.63) is 0 Å². The SMILES string of the molecule is CCCCCCCCCC(C)(C)OCC(O)CO.